The van der Waals surface area contributed by atoms with E-state index < -0.39 is 0 Å². The van der Waals surface area contributed by atoms with Crippen LogP contribution >= 0.6 is 0 Å². The van der Waals surface area contributed by atoms with Crippen LogP contribution in [0.2, 0.25) is 0 Å². The van der Waals surface area contributed by atoms with Gasteiger partial charge in [-0.2, -0.15) is 0 Å². The molecule has 0 radical (unpaired) electrons. The van der Waals surface area contributed by atoms with Crippen LogP contribution in [0.15, 0.2) is 60.7 Å². The zero-order valence-corrected chi connectivity index (χ0v) is 14.3. The smallest absolute Gasteiger partial charge is 0.265 e. The van der Waals surface area contributed by atoms with Crippen molar-refractivity contribution in [2.45, 2.75) is 0 Å². The highest BCUT2D eigenvalue weighted by Gasteiger charge is 2.27. The lowest BCUT2D eigenvalue weighted by Crippen LogP contribution is -2.44. The molecule has 1 aliphatic heterocycles. The molecule has 0 bridgehead atoms. The van der Waals surface area contributed by atoms with E-state index >= 15 is 0 Å². The van der Waals surface area contributed by atoms with Crippen LogP contribution in [0.4, 0.5) is 11.4 Å². The van der Waals surface area contributed by atoms with Gasteiger partial charge < -0.3 is 10.1 Å². The third kappa shape index (κ3) is 3.13. The van der Waals surface area contributed by atoms with Crippen LogP contribution in [-0.2, 0) is 9.59 Å². The Kier molecular flexibility index (Phi) is 4.30. The molecule has 6 heteroatoms. The number of ether oxygens (including phenoxy) is 1. The summed E-state index contributed by atoms with van der Waals surface area (Å²) in [5, 5.41) is 4.42. The first-order chi connectivity index (χ1) is 13.2. The number of hydrogen-bond acceptors (Lipinski definition) is 4. The summed E-state index contributed by atoms with van der Waals surface area (Å²) in [5.74, 6) is -0.282. The number of fused-ring (bicyclic) bond motifs is 2. The Morgan fingerprint density at radius 3 is 2.70 bits per heavy atom. The number of anilines is 2. The number of rotatable bonds is 4. The van der Waals surface area contributed by atoms with Crippen molar-refractivity contribution in [3.8, 4) is 5.75 Å². The highest BCUT2D eigenvalue weighted by atomic mass is 16.5. The monoisotopic (exact) mass is 360 g/mol. The van der Waals surface area contributed by atoms with Crippen molar-refractivity contribution >= 4 is 40.2 Å². The topological polar surface area (TPSA) is 75.7 Å². The highest BCUT2D eigenvalue weighted by molar-refractivity contribution is 6.10. The lowest BCUT2D eigenvalue weighted by atomic mass is 10.0. The normalized spacial score (nSPS) is 13.0. The number of aldehydes is 1. The predicted octanol–water partition coefficient (Wildman–Crippen LogP) is 3.02. The molecular weight excluding hydrogens is 344 g/mol. The summed E-state index contributed by atoms with van der Waals surface area (Å²) in [5.41, 5.74) is 1.61. The van der Waals surface area contributed by atoms with Gasteiger partial charge in [0.25, 0.3) is 5.91 Å². The Bertz CT molecular complexity index is 1060. The maximum Gasteiger partial charge on any atom is 0.265 e. The van der Waals surface area contributed by atoms with Gasteiger partial charge in [0.1, 0.15) is 12.3 Å². The molecule has 2 amide bonds. The van der Waals surface area contributed by atoms with E-state index in [1.54, 1.807) is 30.3 Å². The van der Waals surface area contributed by atoms with Gasteiger partial charge in [-0.05, 0) is 29.0 Å². The number of carbonyl (C=O) groups is 3. The van der Waals surface area contributed by atoms with Gasteiger partial charge >= 0.3 is 0 Å². The van der Waals surface area contributed by atoms with E-state index in [1.165, 1.54) is 4.90 Å². The third-order valence-electron chi connectivity index (χ3n) is 4.47. The van der Waals surface area contributed by atoms with Crippen LogP contribution in [0.1, 0.15) is 10.4 Å². The van der Waals surface area contributed by atoms with Crippen LogP contribution in [0.25, 0.3) is 10.8 Å². The summed E-state index contributed by atoms with van der Waals surface area (Å²) >= 11 is 0. The minimum absolute atomic E-state index is 0.0720. The Balaban J connectivity index is 1.58. The Labute approximate surface area is 155 Å². The van der Waals surface area contributed by atoms with Crippen molar-refractivity contribution in [2.24, 2.45) is 0 Å². The van der Waals surface area contributed by atoms with Crippen molar-refractivity contribution in [1.82, 2.24) is 0 Å². The third-order valence-corrected chi connectivity index (χ3v) is 4.47. The zero-order chi connectivity index (χ0) is 18.8. The minimum atomic E-state index is -0.359. The van der Waals surface area contributed by atoms with Crippen LogP contribution < -0.4 is 15.0 Å². The Morgan fingerprint density at radius 2 is 1.85 bits per heavy atom. The van der Waals surface area contributed by atoms with Gasteiger partial charge in [-0.15, -0.1) is 0 Å². The second-order valence-electron chi connectivity index (χ2n) is 6.15. The largest absolute Gasteiger partial charge is 0.483 e. The average Bonchev–Trinajstić information content (AvgIpc) is 2.70. The molecule has 134 valence electrons. The van der Waals surface area contributed by atoms with Gasteiger partial charge in [0, 0.05) is 0 Å². The van der Waals surface area contributed by atoms with Gasteiger partial charge in [-0.25, -0.2) is 0 Å². The van der Waals surface area contributed by atoms with E-state index in [-0.39, 0.29) is 25.0 Å². The first-order valence-corrected chi connectivity index (χ1v) is 8.46. The van der Waals surface area contributed by atoms with Gasteiger partial charge in [0.2, 0.25) is 5.91 Å². The molecule has 0 aromatic heterocycles. The summed E-state index contributed by atoms with van der Waals surface area (Å²) in [6.07, 6.45) is 0.728. The molecule has 0 aliphatic carbocycles. The van der Waals surface area contributed by atoms with E-state index in [9.17, 15) is 14.4 Å². The van der Waals surface area contributed by atoms with Gasteiger partial charge in [-0.3, -0.25) is 19.3 Å². The summed E-state index contributed by atoms with van der Waals surface area (Å²) in [7, 11) is 0. The zero-order valence-electron chi connectivity index (χ0n) is 14.3. The van der Waals surface area contributed by atoms with Crippen LogP contribution in [0, 0.1) is 0 Å². The molecule has 4 rings (SSSR count). The molecule has 0 atom stereocenters. The van der Waals surface area contributed by atoms with E-state index in [0.717, 1.165) is 17.1 Å². The Hall–Kier alpha value is -3.67. The van der Waals surface area contributed by atoms with Gasteiger partial charge in [0.15, 0.2) is 12.9 Å². The fourth-order valence-corrected chi connectivity index (χ4v) is 3.20. The van der Waals surface area contributed by atoms with E-state index in [0.29, 0.717) is 22.7 Å². The lowest BCUT2D eigenvalue weighted by molar-refractivity contribution is -0.123. The summed E-state index contributed by atoms with van der Waals surface area (Å²) in [6.45, 7) is -0.349. The number of amides is 2. The van der Waals surface area contributed by atoms with E-state index in [2.05, 4.69) is 5.32 Å². The second kappa shape index (κ2) is 6.92. The van der Waals surface area contributed by atoms with Crippen molar-refractivity contribution in [3.05, 3.63) is 66.2 Å². The van der Waals surface area contributed by atoms with E-state index in [4.69, 9.17) is 4.74 Å². The van der Waals surface area contributed by atoms with Crippen molar-refractivity contribution < 1.29 is 19.1 Å². The van der Waals surface area contributed by atoms with Crippen molar-refractivity contribution in [3.63, 3.8) is 0 Å². The Morgan fingerprint density at radius 1 is 1.07 bits per heavy atom. The molecule has 0 spiro atoms. The SMILES string of the molecule is O=Cc1c(OCC(=O)N2CC(=O)Nc3ccccc32)ccc2ccccc12. The van der Waals surface area contributed by atoms with Crippen LogP contribution in [0.5, 0.6) is 5.75 Å². The first-order valence-electron chi connectivity index (χ1n) is 8.46. The predicted molar refractivity (Wildman–Crippen MR) is 102 cm³/mol. The summed E-state index contributed by atoms with van der Waals surface area (Å²) in [4.78, 5) is 37.5. The standard InChI is InChI=1S/C21H16N2O4/c24-12-16-15-6-2-1-5-14(15)9-10-19(16)27-13-21(26)23-11-20(25)22-17-7-3-4-8-18(17)23/h1-10,12H,11,13H2,(H,22,25). The fourth-order valence-electron chi connectivity index (χ4n) is 3.20. The first kappa shape index (κ1) is 16.8. The van der Waals surface area contributed by atoms with Gasteiger partial charge in [-0.1, -0.05) is 42.5 Å². The number of nitrogens with zero attached hydrogens (tertiary/aromatic N) is 1. The molecule has 0 fully saturated rings. The highest BCUT2D eigenvalue weighted by Crippen LogP contribution is 2.30. The summed E-state index contributed by atoms with van der Waals surface area (Å²) < 4.78 is 5.65. The minimum Gasteiger partial charge on any atom is -0.483 e. The fraction of sp³-hybridized carbons (Fsp3) is 0.0952. The number of benzene rings is 3. The van der Waals surface area contributed by atoms with Crippen molar-refractivity contribution in [2.75, 3.05) is 23.4 Å². The maximum atomic E-state index is 12.7. The molecule has 6 nitrogen and oxygen atoms in total. The molecule has 1 aliphatic rings. The number of nitrogens with one attached hydrogen (secondary N) is 1. The maximum absolute atomic E-state index is 12.7. The van der Waals surface area contributed by atoms with Crippen LogP contribution in [-0.4, -0.2) is 31.3 Å². The summed E-state index contributed by atoms with van der Waals surface area (Å²) in [6, 6.07) is 18.1. The van der Waals surface area contributed by atoms with Crippen molar-refractivity contribution in [1.29, 1.82) is 0 Å². The molecule has 0 saturated carbocycles. The van der Waals surface area contributed by atoms with Crippen LogP contribution in [0.3, 0.4) is 0 Å². The molecule has 1 heterocycles. The molecule has 1 N–H and O–H groups in total. The van der Waals surface area contributed by atoms with Gasteiger partial charge in [0.05, 0.1) is 16.9 Å². The molecule has 0 unspecified atom stereocenters. The molecular formula is C21H16N2O4. The lowest BCUT2D eigenvalue weighted by Gasteiger charge is -2.29. The second-order valence-corrected chi connectivity index (χ2v) is 6.15. The molecule has 27 heavy (non-hydrogen) atoms. The molecule has 3 aromatic rings. The quantitative estimate of drug-likeness (QED) is 0.726. The number of hydrogen-bond donors (Lipinski definition) is 1. The van der Waals surface area contributed by atoms with E-state index in [1.807, 2.05) is 30.3 Å². The molecule has 0 saturated heterocycles. The average molecular weight is 360 g/mol. The number of carbonyl (C=O) groups excluding carboxylic acids is 3. The number of para-hydroxylation sites is 2. The molecule has 3 aromatic carbocycles.